The minimum absolute atomic E-state index is 0. The van der Waals surface area contributed by atoms with Crippen molar-refractivity contribution in [3.8, 4) is 0 Å². The van der Waals surface area contributed by atoms with E-state index < -0.39 is 5.41 Å². The van der Waals surface area contributed by atoms with Crippen LogP contribution in [0.1, 0.15) is 66.7 Å². The van der Waals surface area contributed by atoms with Crippen LogP contribution in [0.4, 0.5) is 0 Å². The van der Waals surface area contributed by atoms with Gasteiger partial charge in [-0.25, -0.2) is 0 Å². The Morgan fingerprint density at radius 1 is 1.12 bits per heavy atom. The molecule has 0 N–H and O–H groups in total. The molecule has 0 heterocycles. The van der Waals surface area contributed by atoms with Gasteiger partial charge in [-0.1, -0.05) is 47.5 Å². The van der Waals surface area contributed by atoms with Crippen molar-refractivity contribution in [1.82, 2.24) is 0 Å². The molecule has 0 rings (SSSR count). The number of unbranched alkanes of at least 4 members (excludes halogenated alkanes) is 1. The van der Waals surface area contributed by atoms with Crippen LogP contribution in [0, 0.1) is 46.9 Å². The van der Waals surface area contributed by atoms with Gasteiger partial charge in [-0.2, -0.15) is 0 Å². The zero-order chi connectivity index (χ0) is 12.8. The first kappa shape index (κ1) is 19.9. The van der Waals surface area contributed by atoms with Gasteiger partial charge in [-0.15, -0.1) is 0 Å². The Balaban J connectivity index is 0. The second-order valence-corrected chi connectivity index (χ2v) is 5.56. The molecule has 17 heavy (non-hydrogen) atoms. The maximum Gasteiger partial charge on any atom is 3.00 e. The Bertz CT molecular complexity index is 241. The molecule has 0 saturated carbocycles. The number of hydrogen-bond donors (Lipinski definition) is 0. The van der Waals surface area contributed by atoms with Crippen LogP contribution in [0.5, 0.6) is 0 Å². The zero-order valence-electron chi connectivity index (χ0n) is 12.0. The first-order valence-electron chi connectivity index (χ1n) is 6.38. The van der Waals surface area contributed by atoms with E-state index in [1.165, 1.54) is 0 Å². The quantitative estimate of drug-likeness (QED) is 0.644. The summed E-state index contributed by atoms with van der Waals surface area (Å²) in [6.07, 6.45) is 4.09. The Kier molecular flexibility index (Phi) is 11.1. The first-order valence-corrected chi connectivity index (χ1v) is 6.38. The SMILES string of the molecule is CCCCC(CC)C(=O)CC(=O)C(C)(C)C.[La+3]. The third-order valence-electron chi connectivity index (χ3n) is 3.03. The van der Waals surface area contributed by atoms with Gasteiger partial charge in [0.15, 0.2) is 0 Å². The van der Waals surface area contributed by atoms with Crippen LogP contribution < -0.4 is 0 Å². The van der Waals surface area contributed by atoms with Crippen LogP contribution in [0.25, 0.3) is 0 Å². The van der Waals surface area contributed by atoms with Crippen molar-refractivity contribution < 1.29 is 45.2 Å². The molecule has 0 spiro atoms. The van der Waals surface area contributed by atoms with Crippen molar-refractivity contribution in [1.29, 1.82) is 0 Å². The van der Waals surface area contributed by atoms with Crippen molar-refractivity contribution in [3.63, 3.8) is 0 Å². The minimum Gasteiger partial charge on any atom is -0.299 e. The molecule has 3 heteroatoms. The maximum absolute atomic E-state index is 11.9. The fraction of sp³-hybridized carbons (Fsp3) is 0.857. The van der Waals surface area contributed by atoms with Crippen LogP contribution >= 0.6 is 0 Å². The molecular formula is C14H26LaO2+3. The summed E-state index contributed by atoms with van der Waals surface area (Å²) in [7, 11) is 0. The smallest absolute Gasteiger partial charge is 0.299 e. The van der Waals surface area contributed by atoms with E-state index in [1.807, 2.05) is 27.7 Å². The molecule has 0 fully saturated rings. The van der Waals surface area contributed by atoms with E-state index in [4.69, 9.17) is 0 Å². The van der Waals surface area contributed by atoms with Gasteiger partial charge in [-0.05, 0) is 12.8 Å². The van der Waals surface area contributed by atoms with Crippen molar-refractivity contribution in [2.45, 2.75) is 66.7 Å². The van der Waals surface area contributed by atoms with Crippen molar-refractivity contribution in [2.24, 2.45) is 11.3 Å². The minimum atomic E-state index is -0.390. The van der Waals surface area contributed by atoms with Crippen molar-refractivity contribution in [2.75, 3.05) is 0 Å². The number of carbonyl (C=O) groups excluding carboxylic acids is 2. The predicted molar refractivity (Wildman–Crippen MR) is 67.4 cm³/mol. The van der Waals surface area contributed by atoms with E-state index in [1.54, 1.807) is 0 Å². The Hall–Kier alpha value is 0.535. The molecule has 0 aromatic carbocycles. The molecule has 0 aromatic rings. The molecule has 0 bridgehead atoms. The van der Waals surface area contributed by atoms with E-state index >= 15 is 0 Å². The summed E-state index contributed by atoms with van der Waals surface area (Å²) in [4.78, 5) is 23.7. The molecule has 0 aliphatic heterocycles. The van der Waals surface area contributed by atoms with Crippen molar-refractivity contribution >= 4 is 11.6 Å². The van der Waals surface area contributed by atoms with Crippen LogP contribution in [-0.2, 0) is 9.59 Å². The molecule has 0 amide bonds. The second-order valence-electron chi connectivity index (χ2n) is 5.56. The summed E-state index contributed by atoms with van der Waals surface area (Å²) in [5.74, 6) is 0.287. The maximum atomic E-state index is 11.9. The molecule has 2 nitrogen and oxygen atoms in total. The molecule has 0 aliphatic rings. The zero-order valence-corrected chi connectivity index (χ0v) is 15.6. The van der Waals surface area contributed by atoms with E-state index in [2.05, 4.69) is 6.92 Å². The van der Waals surface area contributed by atoms with Gasteiger partial charge in [0.25, 0.3) is 0 Å². The summed E-state index contributed by atoms with van der Waals surface area (Å²) in [6.45, 7) is 9.76. The molecule has 0 saturated heterocycles. The molecule has 1 atom stereocenters. The standard InChI is InChI=1S/C14H26O2.La/c1-6-8-9-11(7-2)12(15)10-13(16)14(3,4)5;/h11H,6-10H2,1-5H3;/q;+3. The fourth-order valence-electron chi connectivity index (χ4n) is 1.61. The van der Waals surface area contributed by atoms with Gasteiger partial charge in [0.2, 0.25) is 0 Å². The molecule has 0 aromatic heterocycles. The van der Waals surface area contributed by atoms with Gasteiger partial charge >= 0.3 is 35.6 Å². The van der Waals surface area contributed by atoms with E-state index in [0.717, 1.165) is 25.7 Å². The summed E-state index contributed by atoms with van der Waals surface area (Å²) in [5.41, 5.74) is -0.390. The summed E-state index contributed by atoms with van der Waals surface area (Å²) >= 11 is 0. The number of Topliss-reactive ketones (excluding diaryl/α,β-unsaturated/α-hetero) is 2. The summed E-state index contributed by atoms with van der Waals surface area (Å²) < 4.78 is 0. The molecular weight excluding hydrogens is 339 g/mol. The summed E-state index contributed by atoms with van der Waals surface area (Å²) in [5, 5.41) is 0. The molecule has 0 aliphatic carbocycles. The van der Waals surface area contributed by atoms with Crippen LogP contribution in [0.3, 0.4) is 0 Å². The third kappa shape index (κ3) is 8.28. The number of rotatable bonds is 7. The normalized spacial score (nSPS) is 12.8. The first-order chi connectivity index (χ1) is 7.32. The Morgan fingerprint density at radius 3 is 2.00 bits per heavy atom. The van der Waals surface area contributed by atoms with Gasteiger partial charge in [0, 0.05) is 11.3 Å². The van der Waals surface area contributed by atoms with E-state index in [9.17, 15) is 9.59 Å². The van der Waals surface area contributed by atoms with Gasteiger partial charge in [0.05, 0.1) is 6.42 Å². The van der Waals surface area contributed by atoms with Gasteiger partial charge in [-0.3, -0.25) is 9.59 Å². The largest absolute Gasteiger partial charge is 3.00 e. The Labute approximate surface area is 134 Å². The van der Waals surface area contributed by atoms with Crippen LogP contribution in [0.15, 0.2) is 0 Å². The number of ketones is 2. The van der Waals surface area contributed by atoms with Gasteiger partial charge < -0.3 is 0 Å². The molecule has 94 valence electrons. The fourth-order valence-corrected chi connectivity index (χ4v) is 1.61. The van der Waals surface area contributed by atoms with Crippen LogP contribution in [0.2, 0.25) is 0 Å². The monoisotopic (exact) mass is 365 g/mol. The topological polar surface area (TPSA) is 34.1 Å². The predicted octanol–water partition coefficient (Wildman–Crippen LogP) is 3.78. The Morgan fingerprint density at radius 2 is 1.65 bits per heavy atom. The number of carbonyl (C=O) groups is 2. The average molecular weight is 365 g/mol. The molecule has 1 unspecified atom stereocenters. The molecule has 0 radical (unpaired) electrons. The number of hydrogen-bond acceptors (Lipinski definition) is 2. The summed E-state index contributed by atoms with van der Waals surface area (Å²) in [6, 6.07) is 0. The van der Waals surface area contributed by atoms with E-state index in [0.29, 0.717) is 0 Å². The van der Waals surface area contributed by atoms with Crippen LogP contribution in [-0.4, -0.2) is 11.6 Å². The van der Waals surface area contributed by atoms with Crippen molar-refractivity contribution in [3.05, 3.63) is 0 Å². The van der Waals surface area contributed by atoms with E-state index in [-0.39, 0.29) is 59.5 Å². The van der Waals surface area contributed by atoms with Gasteiger partial charge in [0.1, 0.15) is 11.6 Å². The average Bonchev–Trinajstić information content (AvgIpc) is 2.17. The third-order valence-corrected chi connectivity index (χ3v) is 3.03. The second kappa shape index (κ2) is 9.46.